The molecule has 4 nitrogen and oxygen atoms in total. The number of rotatable bonds is 2. The Labute approximate surface area is 110 Å². The molecule has 0 aliphatic rings. The lowest BCUT2D eigenvalue weighted by Gasteiger charge is -2.09. The maximum absolute atomic E-state index is 13.0. The zero-order chi connectivity index (χ0) is 15.3. The topological polar surface area (TPSA) is 52.6 Å². The first-order chi connectivity index (χ1) is 9.25. The van der Waals surface area contributed by atoms with Crippen molar-refractivity contribution in [2.45, 2.75) is 6.18 Å². The molecule has 0 heterocycles. The summed E-state index contributed by atoms with van der Waals surface area (Å²) >= 11 is 0. The number of ether oxygens (including phenoxy) is 2. The Balaban J connectivity index is 2.87. The number of hydrogen-bond acceptors (Lipinski definition) is 4. The van der Waals surface area contributed by atoms with Crippen molar-refractivity contribution in [3.8, 4) is 18.1 Å². The van der Waals surface area contributed by atoms with Crippen molar-refractivity contribution in [2.75, 3.05) is 6.61 Å². The fraction of sp³-hybridized carbons (Fsp3) is 0.167. The minimum atomic E-state index is -4.96. The van der Waals surface area contributed by atoms with E-state index in [1.807, 2.05) is 5.92 Å². The van der Waals surface area contributed by atoms with Gasteiger partial charge in [0.1, 0.15) is 11.6 Å². The number of benzene rings is 1. The van der Waals surface area contributed by atoms with Crippen LogP contribution in [0.1, 0.15) is 5.56 Å². The minimum Gasteiger partial charge on any atom is -0.444 e. The first-order valence-corrected chi connectivity index (χ1v) is 4.95. The van der Waals surface area contributed by atoms with Crippen LogP contribution in [0, 0.1) is 18.2 Å². The lowest BCUT2D eigenvalue weighted by molar-refractivity contribution is -0.161. The lowest BCUT2D eigenvalue weighted by atomic mass is 10.2. The lowest BCUT2D eigenvalue weighted by Crippen LogP contribution is -2.23. The van der Waals surface area contributed by atoms with Crippen LogP contribution in [0.15, 0.2) is 18.2 Å². The number of carbonyl (C=O) groups excluding carboxylic acids is 2. The molecule has 1 aromatic carbocycles. The van der Waals surface area contributed by atoms with E-state index >= 15 is 0 Å². The summed E-state index contributed by atoms with van der Waals surface area (Å²) in [6.45, 7) is -0.495. The minimum absolute atomic E-state index is 0.252. The summed E-state index contributed by atoms with van der Waals surface area (Å²) in [6, 6.07) is 1.47. The first kappa shape index (κ1) is 15.5. The SMILES string of the molecule is C#CCOC(=O)C(=O)Oc1ccc(F)c(C(F)(F)F)c1. The average molecular weight is 290 g/mol. The van der Waals surface area contributed by atoms with Gasteiger partial charge in [0.2, 0.25) is 0 Å². The van der Waals surface area contributed by atoms with Crippen LogP contribution in [0.4, 0.5) is 17.6 Å². The summed E-state index contributed by atoms with van der Waals surface area (Å²) in [6.07, 6.45) is -0.194. The Morgan fingerprint density at radius 2 is 1.90 bits per heavy atom. The molecule has 0 spiro atoms. The largest absolute Gasteiger partial charge is 0.444 e. The predicted octanol–water partition coefficient (Wildman–Crippen LogP) is 1.93. The van der Waals surface area contributed by atoms with Crippen molar-refractivity contribution in [1.82, 2.24) is 0 Å². The fourth-order valence-electron chi connectivity index (χ4n) is 1.10. The number of carbonyl (C=O) groups is 2. The summed E-state index contributed by atoms with van der Waals surface area (Å²) in [4.78, 5) is 22.1. The second-order valence-corrected chi connectivity index (χ2v) is 3.31. The molecule has 0 saturated carbocycles. The molecular formula is C12H6F4O4. The molecule has 0 fully saturated rings. The van der Waals surface area contributed by atoms with Gasteiger partial charge in [0, 0.05) is 0 Å². The number of terminal acetylenes is 1. The van der Waals surface area contributed by atoms with Gasteiger partial charge in [0.25, 0.3) is 0 Å². The third kappa shape index (κ3) is 3.98. The van der Waals surface area contributed by atoms with E-state index in [9.17, 15) is 27.2 Å². The van der Waals surface area contributed by atoms with E-state index in [1.54, 1.807) is 0 Å². The molecular weight excluding hydrogens is 284 g/mol. The van der Waals surface area contributed by atoms with Crippen molar-refractivity contribution in [2.24, 2.45) is 0 Å². The molecule has 0 aromatic heterocycles. The van der Waals surface area contributed by atoms with Crippen LogP contribution in [-0.2, 0) is 20.5 Å². The molecule has 0 bridgehead atoms. The standard InChI is InChI=1S/C12H6F4O4/c1-2-5-19-10(17)11(18)20-7-3-4-9(13)8(6-7)12(14,15)16/h1,3-4,6H,5H2. The average Bonchev–Trinajstić information content (AvgIpc) is 2.36. The summed E-state index contributed by atoms with van der Waals surface area (Å²) in [5.74, 6) is -3.32. The fourth-order valence-corrected chi connectivity index (χ4v) is 1.10. The molecule has 0 unspecified atom stereocenters. The van der Waals surface area contributed by atoms with Gasteiger partial charge in [-0.25, -0.2) is 14.0 Å². The summed E-state index contributed by atoms with van der Waals surface area (Å²) in [5, 5.41) is 0. The van der Waals surface area contributed by atoms with Crippen molar-refractivity contribution in [3.05, 3.63) is 29.6 Å². The molecule has 0 saturated heterocycles. The van der Waals surface area contributed by atoms with Crippen LogP contribution in [0.3, 0.4) is 0 Å². The molecule has 0 aliphatic carbocycles. The van der Waals surface area contributed by atoms with Gasteiger partial charge in [-0.3, -0.25) is 0 Å². The molecule has 8 heteroatoms. The van der Waals surface area contributed by atoms with Gasteiger partial charge in [-0.1, -0.05) is 5.92 Å². The Bertz CT molecular complexity index is 572. The molecule has 0 radical (unpaired) electrons. The van der Waals surface area contributed by atoms with E-state index in [-0.39, 0.29) is 6.07 Å². The molecule has 0 atom stereocenters. The van der Waals surface area contributed by atoms with E-state index < -0.39 is 41.9 Å². The molecule has 20 heavy (non-hydrogen) atoms. The number of esters is 2. The molecule has 106 valence electrons. The molecule has 1 rings (SSSR count). The van der Waals surface area contributed by atoms with Crippen molar-refractivity contribution in [3.63, 3.8) is 0 Å². The summed E-state index contributed by atoms with van der Waals surface area (Å²) < 4.78 is 58.7. The van der Waals surface area contributed by atoms with Crippen molar-refractivity contribution < 1.29 is 36.6 Å². The second kappa shape index (κ2) is 6.06. The van der Waals surface area contributed by atoms with Crippen LogP contribution in [0.25, 0.3) is 0 Å². The van der Waals surface area contributed by atoms with Gasteiger partial charge in [-0.05, 0) is 18.2 Å². The Morgan fingerprint density at radius 1 is 1.25 bits per heavy atom. The zero-order valence-electron chi connectivity index (χ0n) is 9.66. The van der Waals surface area contributed by atoms with E-state index in [2.05, 4.69) is 9.47 Å². The molecule has 0 amide bonds. The van der Waals surface area contributed by atoms with Crippen molar-refractivity contribution in [1.29, 1.82) is 0 Å². The number of hydrogen-bond donors (Lipinski definition) is 0. The van der Waals surface area contributed by atoms with Gasteiger partial charge in [0.05, 0.1) is 5.56 Å². The Kier molecular flexibility index (Phi) is 4.69. The number of halogens is 4. The Morgan fingerprint density at radius 3 is 2.45 bits per heavy atom. The van der Waals surface area contributed by atoms with Gasteiger partial charge in [-0.15, -0.1) is 6.42 Å². The smallest absolute Gasteiger partial charge is 0.422 e. The highest BCUT2D eigenvalue weighted by atomic mass is 19.4. The molecule has 0 aliphatic heterocycles. The van der Waals surface area contributed by atoms with Gasteiger partial charge >= 0.3 is 18.1 Å². The predicted molar refractivity (Wildman–Crippen MR) is 56.8 cm³/mol. The second-order valence-electron chi connectivity index (χ2n) is 3.31. The normalized spacial score (nSPS) is 10.6. The van der Waals surface area contributed by atoms with Crippen molar-refractivity contribution >= 4 is 11.9 Å². The summed E-state index contributed by atoms with van der Waals surface area (Å²) in [7, 11) is 0. The first-order valence-electron chi connectivity index (χ1n) is 4.95. The van der Waals surface area contributed by atoms with Crippen LogP contribution in [0.5, 0.6) is 5.75 Å². The van der Waals surface area contributed by atoms with E-state index in [1.165, 1.54) is 0 Å². The van der Waals surface area contributed by atoms with E-state index in [4.69, 9.17) is 6.42 Å². The van der Waals surface area contributed by atoms with Crippen LogP contribution < -0.4 is 4.74 Å². The van der Waals surface area contributed by atoms with E-state index in [0.717, 1.165) is 6.07 Å². The van der Waals surface area contributed by atoms with Gasteiger partial charge in [-0.2, -0.15) is 13.2 Å². The number of alkyl halides is 3. The van der Waals surface area contributed by atoms with Gasteiger partial charge in [0.15, 0.2) is 6.61 Å². The maximum atomic E-state index is 13.0. The third-order valence-corrected chi connectivity index (χ3v) is 1.91. The third-order valence-electron chi connectivity index (χ3n) is 1.91. The highest BCUT2D eigenvalue weighted by Gasteiger charge is 2.34. The monoisotopic (exact) mass is 290 g/mol. The molecule has 1 aromatic rings. The Hall–Kier alpha value is -2.56. The van der Waals surface area contributed by atoms with Gasteiger partial charge < -0.3 is 9.47 Å². The van der Waals surface area contributed by atoms with Crippen LogP contribution in [0.2, 0.25) is 0 Å². The highest BCUT2D eigenvalue weighted by molar-refractivity contribution is 6.30. The quantitative estimate of drug-likeness (QED) is 0.274. The van der Waals surface area contributed by atoms with Crippen LogP contribution in [-0.4, -0.2) is 18.5 Å². The van der Waals surface area contributed by atoms with Crippen LogP contribution >= 0.6 is 0 Å². The summed E-state index contributed by atoms with van der Waals surface area (Å²) in [5.41, 5.74) is -1.63. The zero-order valence-corrected chi connectivity index (χ0v) is 9.66. The van der Waals surface area contributed by atoms with E-state index in [0.29, 0.717) is 6.07 Å². The maximum Gasteiger partial charge on any atom is 0.422 e. The molecule has 0 N–H and O–H groups in total. The highest BCUT2D eigenvalue weighted by Crippen LogP contribution is 2.33.